The highest BCUT2D eigenvalue weighted by molar-refractivity contribution is 6.28. The topological polar surface area (TPSA) is 102 Å². The number of nitrogens with one attached hydrogen (secondary N) is 1. The molecule has 2 N–H and O–H groups in total. The van der Waals surface area contributed by atoms with Gasteiger partial charge in [-0.15, -0.1) is 0 Å². The van der Waals surface area contributed by atoms with Crippen LogP contribution in [0.25, 0.3) is 5.95 Å². The van der Waals surface area contributed by atoms with Gasteiger partial charge in [0.1, 0.15) is 12.7 Å². The predicted molar refractivity (Wildman–Crippen MR) is 64.5 cm³/mol. The second-order valence-electron chi connectivity index (χ2n) is 4.24. The average Bonchev–Trinajstić information content (AvgIpc) is 2.81. The summed E-state index contributed by atoms with van der Waals surface area (Å²) in [6.07, 6.45) is 2.81. The number of aromatic nitrogens is 6. The van der Waals surface area contributed by atoms with E-state index in [1.54, 1.807) is 13.8 Å². The summed E-state index contributed by atoms with van der Waals surface area (Å²) < 4.78 is 1.37. The first kappa shape index (κ1) is 12.7. The van der Waals surface area contributed by atoms with Crippen LogP contribution in [-0.2, 0) is 0 Å². The summed E-state index contributed by atoms with van der Waals surface area (Å²) in [5.41, 5.74) is -0.565. The molecule has 0 saturated heterocycles. The maximum absolute atomic E-state index is 9.18. The van der Waals surface area contributed by atoms with Gasteiger partial charge in [0, 0.05) is 0 Å². The molecule has 0 spiro atoms. The summed E-state index contributed by atoms with van der Waals surface area (Å²) in [5.74, 6) is 0.517. The van der Waals surface area contributed by atoms with Gasteiger partial charge in [-0.3, -0.25) is 0 Å². The first-order valence-corrected chi connectivity index (χ1v) is 5.53. The molecule has 0 aliphatic rings. The van der Waals surface area contributed by atoms with Gasteiger partial charge in [0.05, 0.1) is 12.1 Å². The monoisotopic (exact) mass is 269 g/mol. The van der Waals surface area contributed by atoms with Gasteiger partial charge in [-0.25, -0.2) is 4.98 Å². The van der Waals surface area contributed by atoms with Crippen molar-refractivity contribution in [3.8, 4) is 5.95 Å². The van der Waals surface area contributed by atoms with Crippen molar-refractivity contribution in [3.05, 3.63) is 17.9 Å². The van der Waals surface area contributed by atoms with Gasteiger partial charge >= 0.3 is 0 Å². The minimum atomic E-state index is -0.565. The van der Waals surface area contributed by atoms with E-state index < -0.39 is 5.54 Å². The minimum absolute atomic E-state index is 0.0340. The minimum Gasteiger partial charge on any atom is -0.394 e. The molecule has 0 bridgehead atoms. The Kier molecular flexibility index (Phi) is 3.39. The quantitative estimate of drug-likeness (QED) is 0.822. The van der Waals surface area contributed by atoms with Crippen LogP contribution in [0.4, 0.5) is 5.95 Å². The van der Waals surface area contributed by atoms with Crippen molar-refractivity contribution in [3.63, 3.8) is 0 Å². The number of aliphatic hydroxyl groups is 1. The Morgan fingerprint density at radius 2 is 2.17 bits per heavy atom. The summed E-state index contributed by atoms with van der Waals surface area (Å²) in [6, 6.07) is 0. The first-order chi connectivity index (χ1) is 8.50. The Morgan fingerprint density at radius 1 is 1.39 bits per heavy atom. The summed E-state index contributed by atoms with van der Waals surface area (Å²) in [5, 5.41) is 16.1. The maximum atomic E-state index is 9.18. The van der Waals surface area contributed by atoms with E-state index in [4.69, 9.17) is 11.6 Å². The van der Waals surface area contributed by atoms with Gasteiger partial charge in [-0.2, -0.15) is 24.7 Å². The smallest absolute Gasteiger partial charge is 0.258 e. The molecule has 0 aliphatic heterocycles. The molecule has 0 aromatic carbocycles. The van der Waals surface area contributed by atoms with Crippen LogP contribution < -0.4 is 5.32 Å². The third kappa shape index (κ3) is 2.90. The molecule has 2 aromatic heterocycles. The van der Waals surface area contributed by atoms with Gasteiger partial charge < -0.3 is 10.4 Å². The van der Waals surface area contributed by atoms with Crippen molar-refractivity contribution in [1.82, 2.24) is 29.7 Å². The second-order valence-corrected chi connectivity index (χ2v) is 4.57. The highest BCUT2D eigenvalue weighted by atomic mass is 35.5. The highest BCUT2D eigenvalue weighted by Crippen LogP contribution is 2.13. The molecule has 0 atom stereocenters. The van der Waals surface area contributed by atoms with Crippen molar-refractivity contribution in [2.45, 2.75) is 19.4 Å². The number of nitrogens with zero attached hydrogens (tertiary/aromatic N) is 6. The van der Waals surface area contributed by atoms with E-state index >= 15 is 0 Å². The zero-order chi connectivity index (χ0) is 13.2. The van der Waals surface area contributed by atoms with Gasteiger partial charge in [-0.1, -0.05) is 0 Å². The molecule has 8 nitrogen and oxygen atoms in total. The molecule has 0 saturated carbocycles. The number of halogens is 1. The van der Waals surface area contributed by atoms with Gasteiger partial charge in [0.15, 0.2) is 0 Å². The van der Waals surface area contributed by atoms with E-state index in [2.05, 4.69) is 30.4 Å². The molecular weight excluding hydrogens is 258 g/mol. The largest absolute Gasteiger partial charge is 0.394 e. The Morgan fingerprint density at radius 3 is 2.78 bits per heavy atom. The van der Waals surface area contributed by atoms with E-state index in [1.165, 1.54) is 17.3 Å². The summed E-state index contributed by atoms with van der Waals surface area (Å²) in [6.45, 7) is 3.54. The zero-order valence-electron chi connectivity index (χ0n) is 9.87. The van der Waals surface area contributed by atoms with E-state index in [-0.39, 0.29) is 23.8 Å². The lowest BCUT2D eigenvalue weighted by molar-refractivity contribution is 0.233. The van der Waals surface area contributed by atoms with Crippen LogP contribution in [0.1, 0.15) is 13.8 Å². The van der Waals surface area contributed by atoms with Gasteiger partial charge in [-0.05, 0) is 25.4 Å². The molecule has 0 aliphatic carbocycles. The molecule has 2 heterocycles. The fourth-order valence-corrected chi connectivity index (χ4v) is 1.31. The van der Waals surface area contributed by atoms with Crippen LogP contribution in [0, 0.1) is 0 Å². The normalized spacial score (nSPS) is 11.6. The van der Waals surface area contributed by atoms with Crippen LogP contribution in [0.3, 0.4) is 0 Å². The maximum Gasteiger partial charge on any atom is 0.258 e. The molecule has 0 unspecified atom stereocenters. The standard InChI is InChI=1S/C9H12ClN7O/c1-9(2,3-18)16-7-13-6(10)14-8(15-7)17-5-11-4-12-17/h4-5,18H,3H2,1-2H3,(H,13,14,15,16). The van der Waals surface area contributed by atoms with Gasteiger partial charge in [0.25, 0.3) is 5.95 Å². The molecule has 2 rings (SSSR count). The molecule has 9 heteroatoms. The van der Waals surface area contributed by atoms with Crippen LogP contribution in [0.15, 0.2) is 12.7 Å². The fraction of sp³-hybridized carbons (Fsp3) is 0.444. The Hall–Kier alpha value is -1.80. The molecule has 2 aromatic rings. The van der Waals surface area contributed by atoms with Crippen LogP contribution in [0.2, 0.25) is 5.28 Å². The fourth-order valence-electron chi connectivity index (χ4n) is 1.15. The van der Waals surface area contributed by atoms with E-state index in [0.29, 0.717) is 0 Å². The SMILES string of the molecule is CC(C)(CO)Nc1nc(Cl)nc(-n2cncn2)n1. The van der Waals surface area contributed by atoms with Crippen molar-refractivity contribution < 1.29 is 5.11 Å². The first-order valence-electron chi connectivity index (χ1n) is 5.16. The summed E-state index contributed by atoms with van der Waals surface area (Å²) in [7, 11) is 0. The molecule has 0 radical (unpaired) electrons. The molecule has 96 valence electrons. The van der Waals surface area contributed by atoms with Crippen molar-refractivity contribution in [2.75, 3.05) is 11.9 Å². The number of rotatable bonds is 4. The third-order valence-electron chi connectivity index (χ3n) is 2.07. The van der Waals surface area contributed by atoms with E-state index in [0.717, 1.165) is 0 Å². The van der Waals surface area contributed by atoms with Crippen molar-refractivity contribution in [2.24, 2.45) is 0 Å². The lowest BCUT2D eigenvalue weighted by atomic mass is 10.1. The number of aliphatic hydroxyl groups excluding tert-OH is 1. The van der Waals surface area contributed by atoms with E-state index in [9.17, 15) is 5.11 Å². The highest BCUT2D eigenvalue weighted by Gasteiger charge is 2.18. The third-order valence-corrected chi connectivity index (χ3v) is 2.23. The lowest BCUT2D eigenvalue weighted by Crippen LogP contribution is -2.36. The molecule has 0 fully saturated rings. The zero-order valence-corrected chi connectivity index (χ0v) is 10.6. The van der Waals surface area contributed by atoms with Crippen LogP contribution in [-0.4, -0.2) is 47.0 Å². The number of anilines is 1. The van der Waals surface area contributed by atoms with Crippen LogP contribution in [0.5, 0.6) is 0 Å². The predicted octanol–water partition coefficient (Wildman–Crippen LogP) is 0.288. The van der Waals surface area contributed by atoms with Crippen LogP contribution >= 0.6 is 11.6 Å². The van der Waals surface area contributed by atoms with Crippen molar-refractivity contribution >= 4 is 17.5 Å². The molecule has 0 amide bonds. The van der Waals surface area contributed by atoms with E-state index in [1.807, 2.05) is 0 Å². The summed E-state index contributed by atoms with van der Waals surface area (Å²) in [4.78, 5) is 15.8. The number of hydrogen-bond acceptors (Lipinski definition) is 7. The average molecular weight is 270 g/mol. The lowest BCUT2D eigenvalue weighted by Gasteiger charge is -2.23. The Bertz CT molecular complexity index is 528. The Balaban J connectivity index is 2.33. The van der Waals surface area contributed by atoms with Gasteiger partial charge in [0.2, 0.25) is 11.2 Å². The van der Waals surface area contributed by atoms with Crippen molar-refractivity contribution in [1.29, 1.82) is 0 Å². The number of hydrogen-bond donors (Lipinski definition) is 2. The Labute approximate surface area is 108 Å². The second kappa shape index (κ2) is 4.83. The molecule has 18 heavy (non-hydrogen) atoms. The summed E-state index contributed by atoms with van der Waals surface area (Å²) >= 11 is 5.81. The molecular formula is C9H12ClN7O.